The van der Waals surface area contributed by atoms with Gasteiger partial charge in [-0.1, -0.05) is 41.4 Å². The van der Waals surface area contributed by atoms with E-state index in [0.717, 1.165) is 0 Å². The van der Waals surface area contributed by atoms with E-state index >= 15 is 0 Å². The van der Waals surface area contributed by atoms with Gasteiger partial charge in [-0.25, -0.2) is 13.1 Å². The van der Waals surface area contributed by atoms with Crippen LogP contribution in [0.2, 0.25) is 10.0 Å². The lowest BCUT2D eigenvalue weighted by Crippen LogP contribution is -2.38. The Hall–Kier alpha value is -1.11. The molecule has 0 saturated carbocycles. The first-order chi connectivity index (χ1) is 10.2. The highest BCUT2D eigenvalue weighted by Gasteiger charge is 2.26. The molecule has 0 saturated heterocycles. The normalized spacial score (nSPS) is 14.5. The molecule has 7 heteroatoms. The van der Waals surface area contributed by atoms with Crippen molar-refractivity contribution in [2.24, 2.45) is 0 Å². The number of rotatable bonds is 5. The van der Waals surface area contributed by atoms with Crippen LogP contribution in [-0.2, 0) is 15.6 Å². The molecule has 2 N–H and O–H groups in total. The maximum absolute atomic E-state index is 12.2. The van der Waals surface area contributed by atoms with Gasteiger partial charge in [0, 0.05) is 16.6 Å². The number of nitrogens with one attached hydrogen (secondary N) is 1. The summed E-state index contributed by atoms with van der Waals surface area (Å²) in [7, 11) is -3.75. The van der Waals surface area contributed by atoms with Crippen LogP contribution in [0.3, 0.4) is 0 Å². The number of hydrogen-bond acceptors (Lipinski definition) is 3. The Labute approximate surface area is 139 Å². The van der Waals surface area contributed by atoms with E-state index in [1.165, 1.54) is 19.1 Å². The first-order valence-electron chi connectivity index (χ1n) is 6.44. The monoisotopic (exact) mass is 359 g/mol. The van der Waals surface area contributed by atoms with Crippen LogP contribution in [0, 0.1) is 0 Å². The minimum absolute atomic E-state index is 0.0481. The van der Waals surface area contributed by atoms with Crippen molar-refractivity contribution in [2.75, 3.05) is 6.54 Å². The second-order valence-electron chi connectivity index (χ2n) is 5.06. The zero-order valence-electron chi connectivity index (χ0n) is 11.8. The molecule has 0 aliphatic carbocycles. The summed E-state index contributed by atoms with van der Waals surface area (Å²) >= 11 is 11.6. The predicted molar refractivity (Wildman–Crippen MR) is 87.7 cm³/mol. The van der Waals surface area contributed by atoms with Gasteiger partial charge in [-0.3, -0.25) is 0 Å². The third kappa shape index (κ3) is 4.21. The summed E-state index contributed by atoms with van der Waals surface area (Å²) in [6, 6.07) is 12.5. The fourth-order valence-corrected chi connectivity index (χ4v) is 3.42. The molecule has 2 rings (SSSR count). The van der Waals surface area contributed by atoms with Gasteiger partial charge in [-0.2, -0.15) is 0 Å². The van der Waals surface area contributed by atoms with Crippen molar-refractivity contribution in [3.63, 3.8) is 0 Å². The smallest absolute Gasteiger partial charge is 0.240 e. The summed E-state index contributed by atoms with van der Waals surface area (Å²) in [5, 5.41) is 11.3. The quantitative estimate of drug-likeness (QED) is 0.861. The van der Waals surface area contributed by atoms with Crippen molar-refractivity contribution in [3.8, 4) is 0 Å². The summed E-state index contributed by atoms with van der Waals surface area (Å²) in [5.41, 5.74) is -0.804. The molecular weight excluding hydrogens is 345 g/mol. The summed E-state index contributed by atoms with van der Waals surface area (Å²) in [5.74, 6) is 0. The van der Waals surface area contributed by atoms with Crippen molar-refractivity contribution in [1.29, 1.82) is 0 Å². The maximum Gasteiger partial charge on any atom is 0.240 e. The Kier molecular flexibility index (Phi) is 5.14. The van der Waals surface area contributed by atoms with E-state index in [4.69, 9.17) is 23.2 Å². The van der Waals surface area contributed by atoms with E-state index in [2.05, 4.69) is 4.72 Å². The molecule has 2 aromatic rings. The summed E-state index contributed by atoms with van der Waals surface area (Å²) < 4.78 is 26.8. The van der Waals surface area contributed by atoms with Gasteiger partial charge < -0.3 is 5.11 Å². The van der Waals surface area contributed by atoms with Crippen LogP contribution in [-0.4, -0.2) is 20.1 Å². The van der Waals surface area contributed by atoms with Crippen molar-refractivity contribution < 1.29 is 13.5 Å². The topological polar surface area (TPSA) is 66.4 Å². The van der Waals surface area contributed by atoms with Gasteiger partial charge in [-0.15, -0.1) is 0 Å². The zero-order chi connectivity index (χ0) is 16.4. The first-order valence-corrected chi connectivity index (χ1v) is 8.68. The fourth-order valence-electron chi connectivity index (χ4n) is 1.86. The Balaban J connectivity index is 2.15. The average Bonchev–Trinajstić information content (AvgIpc) is 2.46. The Morgan fingerprint density at radius 1 is 1.09 bits per heavy atom. The van der Waals surface area contributed by atoms with Crippen molar-refractivity contribution in [2.45, 2.75) is 17.4 Å². The molecule has 0 bridgehead atoms. The molecule has 0 amide bonds. The van der Waals surface area contributed by atoms with Crippen LogP contribution in [0.5, 0.6) is 0 Å². The van der Waals surface area contributed by atoms with Gasteiger partial charge in [0.1, 0.15) is 5.60 Å². The van der Waals surface area contributed by atoms with Crippen molar-refractivity contribution in [3.05, 3.63) is 64.1 Å². The van der Waals surface area contributed by atoms with Crippen LogP contribution in [0.4, 0.5) is 0 Å². The van der Waals surface area contributed by atoms with Crippen LogP contribution in [0.25, 0.3) is 0 Å². The molecule has 0 spiro atoms. The molecule has 22 heavy (non-hydrogen) atoms. The molecular formula is C15H15Cl2NO3S. The van der Waals surface area contributed by atoms with Crippen LogP contribution >= 0.6 is 23.2 Å². The Bertz CT molecular complexity index is 759. The van der Waals surface area contributed by atoms with Gasteiger partial charge in [0.25, 0.3) is 0 Å². The number of sulfonamides is 1. The third-order valence-corrected chi connectivity index (χ3v) is 5.06. The molecule has 4 nitrogen and oxygen atoms in total. The van der Waals surface area contributed by atoms with E-state index in [1.54, 1.807) is 36.4 Å². The highest BCUT2D eigenvalue weighted by atomic mass is 35.5. The van der Waals surface area contributed by atoms with E-state index in [-0.39, 0.29) is 11.4 Å². The van der Waals surface area contributed by atoms with Gasteiger partial charge in [-0.05, 0) is 42.8 Å². The van der Waals surface area contributed by atoms with E-state index < -0.39 is 15.6 Å². The first kappa shape index (κ1) is 17.2. The number of benzene rings is 2. The number of aliphatic hydroxyl groups is 1. The highest BCUT2D eigenvalue weighted by Crippen LogP contribution is 2.23. The lowest BCUT2D eigenvalue weighted by molar-refractivity contribution is 0.0627. The predicted octanol–water partition coefficient (Wildman–Crippen LogP) is 3.18. The summed E-state index contributed by atoms with van der Waals surface area (Å²) in [4.78, 5) is 0.0481. The Morgan fingerprint density at radius 2 is 1.73 bits per heavy atom. The SMILES string of the molecule is CC(O)(CNS(=O)(=O)c1cccc(Cl)c1)c1ccc(Cl)cc1. The lowest BCUT2D eigenvalue weighted by atomic mass is 9.97. The fraction of sp³-hybridized carbons (Fsp3) is 0.200. The highest BCUT2D eigenvalue weighted by molar-refractivity contribution is 7.89. The van der Waals surface area contributed by atoms with Gasteiger partial charge in [0.15, 0.2) is 0 Å². The lowest BCUT2D eigenvalue weighted by Gasteiger charge is -2.24. The van der Waals surface area contributed by atoms with E-state index in [1.807, 2.05) is 0 Å². The molecule has 2 aromatic carbocycles. The van der Waals surface area contributed by atoms with Gasteiger partial charge in [0.2, 0.25) is 10.0 Å². The van der Waals surface area contributed by atoms with E-state index in [9.17, 15) is 13.5 Å². The minimum Gasteiger partial charge on any atom is -0.384 e. The maximum atomic E-state index is 12.2. The standard InChI is InChI=1S/C15H15Cl2NO3S/c1-15(19,11-5-7-12(16)8-6-11)10-18-22(20,21)14-4-2-3-13(17)9-14/h2-9,18-19H,10H2,1H3. The molecule has 0 aliphatic rings. The largest absolute Gasteiger partial charge is 0.384 e. The Morgan fingerprint density at radius 3 is 2.32 bits per heavy atom. The van der Waals surface area contributed by atoms with Crippen LogP contribution in [0.15, 0.2) is 53.4 Å². The third-order valence-electron chi connectivity index (χ3n) is 3.18. The molecule has 1 unspecified atom stereocenters. The summed E-state index contributed by atoms with van der Waals surface area (Å²) in [6.45, 7) is 1.35. The molecule has 0 radical (unpaired) electrons. The van der Waals surface area contributed by atoms with Crippen LogP contribution in [0.1, 0.15) is 12.5 Å². The van der Waals surface area contributed by atoms with Crippen molar-refractivity contribution >= 4 is 33.2 Å². The second-order valence-corrected chi connectivity index (χ2v) is 7.70. The van der Waals surface area contributed by atoms with Gasteiger partial charge in [0.05, 0.1) is 4.90 Å². The second kappa shape index (κ2) is 6.56. The molecule has 118 valence electrons. The molecule has 0 aromatic heterocycles. The molecule has 1 atom stereocenters. The van der Waals surface area contributed by atoms with E-state index in [0.29, 0.717) is 15.6 Å². The molecule has 0 fully saturated rings. The molecule has 0 heterocycles. The van der Waals surface area contributed by atoms with Gasteiger partial charge >= 0.3 is 0 Å². The molecule has 0 aliphatic heterocycles. The summed E-state index contributed by atoms with van der Waals surface area (Å²) in [6.07, 6.45) is 0. The average molecular weight is 360 g/mol. The number of halogens is 2. The van der Waals surface area contributed by atoms with Crippen molar-refractivity contribution in [1.82, 2.24) is 4.72 Å². The zero-order valence-corrected chi connectivity index (χ0v) is 14.1. The minimum atomic E-state index is -3.75. The number of hydrogen-bond donors (Lipinski definition) is 2. The van der Waals surface area contributed by atoms with Crippen LogP contribution < -0.4 is 4.72 Å².